The third-order valence-corrected chi connectivity index (χ3v) is 4.77. The number of alkyl halides is 2. The van der Waals surface area contributed by atoms with Crippen molar-refractivity contribution < 1.29 is 21.9 Å². The first-order chi connectivity index (χ1) is 9.92. The second-order valence-electron chi connectivity index (χ2n) is 4.97. The van der Waals surface area contributed by atoms with Gasteiger partial charge < -0.3 is 10.5 Å². The van der Waals surface area contributed by atoms with E-state index in [0.717, 1.165) is 12.8 Å². The molecule has 126 valence electrons. The monoisotopic (exact) mass is 356 g/mol. The van der Waals surface area contributed by atoms with Gasteiger partial charge in [-0.2, -0.15) is 0 Å². The molecule has 1 saturated carbocycles. The molecule has 1 aliphatic rings. The van der Waals surface area contributed by atoms with Crippen LogP contribution in [-0.2, 0) is 10.0 Å². The summed E-state index contributed by atoms with van der Waals surface area (Å²) in [5.41, 5.74) is 5.57. The quantitative estimate of drug-likeness (QED) is 0.743. The van der Waals surface area contributed by atoms with Gasteiger partial charge in [-0.1, -0.05) is 0 Å². The maximum Gasteiger partial charge on any atom is 0.272 e. The number of hydrogen-bond acceptors (Lipinski definition) is 4. The van der Waals surface area contributed by atoms with Crippen LogP contribution in [0.5, 0.6) is 5.75 Å². The molecule has 0 aromatic heterocycles. The molecule has 0 heterocycles. The van der Waals surface area contributed by atoms with Crippen molar-refractivity contribution in [3.05, 3.63) is 24.3 Å². The smallest absolute Gasteiger partial charge is 0.272 e. The highest BCUT2D eigenvalue weighted by Crippen LogP contribution is 2.33. The number of benzene rings is 1. The minimum Gasteiger partial charge on any atom is -0.488 e. The van der Waals surface area contributed by atoms with Gasteiger partial charge in [-0.15, -0.1) is 12.4 Å². The van der Waals surface area contributed by atoms with E-state index in [4.69, 9.17) is 10.5 Å². The summed E-state index contributed by atoms with van der Waals surface area (Å²) in [5.74, 6) is 0.505. The third-order valence-electron chi connectivity index (χ3n) is 3.26. The summed E-state index contributed by atoms with van der Waals surface area (Å²) in [6.07, 6.45) is -0.616. The lowest BCUT2D eigenvalue weighted by molar-refractivity contribution is 0.0819. The molecule has 1 atom stereocenters. The largest absolute Gasteiger partial charge is 0.488 e. The molecule has 1 aromatic rings. The lowest BCUT2D eigenvalue weighted by Gasteiger charge is -2.16. The number of nitrogens with two attached hydrogens (primary N) is 1. The Morgan fingerprint density at radius 3 is 2.32 bits per heavy atom. The van der Waals surface area contributed by atoms with Crippen molar-refractivity contribution in [2.45, 2.75) is 30.2 Å². The minimum absolute atomic E-state index is 0. The minimum atomic E-state index is -3.66. The van der Waals surface area contributed by atoms with E-state index in [9.17, 15) is 17.2 Å². The Kier molecular flexibility index (Phi) is 6.98. The van der Waals surface area contributed by atoms with Gasteiger partial charge >= 0.3 is 0 Å². The molecule has 1 fully saturated rings. The molecule has 0 amide bonds. The normalized spacial score (nSPS) is 16.2. The number of hydrogen-bond donors (Lipinski definition) is 2. The van der Waals surface area contributed by atoms with E-state index in [1.54, 1.807) is 0 Å². The van der Waals surface area contributed by atoms with Crippen molar-refractivity contribution in [3.8, 4) is 5.75 Å². The fraction of sp³-hybridized carbons (Fsp3) is 0.538. The third kappa shape index (κ3) is 5.35. The van der Waals surface area contributed by atoms with Gasteiger partial charge in [-0.05, 0) is 43.0 Å². The maximum atomic E-state index is 12.2. The van der Waals surface area contributed by atoms with Gasteiger partial charge in [0.25, 0.3) is 6.43 Å². The van der Waals surface area contributed by atoms with E-state index >= 15 is 0 Å². The van der Waals surface area contributed by atoms with Crippen LogP contribution in [0, 0.1) is 5.92 Å². The Labute approximate surface area is 134 Å². The molecule has 0 bridgehead atoms. The maximum absolute atomic E-state index is 12.2. The molecule has 1 aromatic carbocycles. The molecule has 22 heavy (non-hydrogen) atoms. The van der Waals surface area contributed by atoms with Crippen LogP contribution in [0.2, 0.25) is 0 Å². The van der Waals surface area contributed by atoms with Gasteiger partial charge in [0, 0.05) is 12.6 Å². The molecular formula is C13H19ClF2N2O3S. The van der Waals surface area contributed by atoms with Crippen molar-refractivity contribution >= 4 is 22.4 Å². The Morgan fingerprint density at radius 1 is 1.27 bits per heavy atom. The lowest BCUT2D eigenvalue weighted by Crippen LogP contribution is -2.41. The molecular weight excluding hydrogens is 338 g/mol. The van der Waals surface area contributed by atoms with E-state index in [2.05, 4.69) is 4.72 Å². The summed E-state index contributed by atoms with van der Waals surface area (Å²) >= 11 is 0. The molecule has 0 saturated heterocycles. The molecule has 2 rings (SSSR count). The van der Waals surface area contributed by atoms with Crippen LogP contribution in [0.15, 0.2) is 29.2 Å². The van der Waals surface area contributed by atoms with E-state index < -0.39 is 23.1 Å². The Morgan fingerprint density at radius 2 is 1.86 bits per heavy atom. The molecule has 9 heteroatoms. The highest BCUT2D eigenvalue weighted by atomic mass is 35.5. The van der Waals surface area contributed by atoms with E-state index in [-0.39, 0.29) is 35.6 Å². The van der Waals surface area contributed by atoms with Crippen LogP contribution >= 0.6 is 12.4 Å². The first kappa shape index (κ1) is 19.1. The van der Waals surface area contributed by atoms with Crippen LogP contribution in [0.25, 0.3) is 0 Å². The van der Waals surface area contributed by atoms with Crippen molar-refractivity contribution in [1.82, 2.24) is 4.72 Å². The van der Waals surface area contributed by atoms with Gasteiger partial charge in [0.2, 0.25) is 10.0 Å². The predicted molar refractivity (Wildman–Crippen MR) is 81.1 cm³/mol. The van der Waals surface area contributed by atoms with Crippen LogP contribution in [0.4, 0.5) is 8.78 Å². The topological polar surface area (TPSA) is 81.4 Å². The second-order valence-corrected chi connectivity index (χ2v) is 6.69. The summed E-state index contributed by atoms with van der Waals surface area (Å²) in [7, 11) is -3.66. The summed E-state index contributed by atoms with van der Waals surface area (Å²) in [6.45, 7) is -0.471. The fourth-order valence-electron chi connectivity index (χ4n) is 1.98. The van der Waals surface area contributed by atoms with Gasteiger partial charge in [0.15, 0.2) is 0 Å². The van der Waals surface area contributed by atoms with Crippen molar-refractivity contribution in [3.63, 3.8) is 0 Å². The van der Waals surface area contributed by atoms with Gasteiger partial charge in [0.1, 0.15) is 12.4 Å². The zero-order valence-corrected chi connectivity index (χ0v) is 13.4. The van der Waals surface area contributed by atoms with E-state index in [1.165, 1.54) is 24.3 Å². The average Bonchev–Trinajstić information content (AvgIpc) is 3.27. The van der Waals surface area contributed by atoms with Crippen molar-refractivity contribution in [2.24, 2.45) is 11.7 Å². The molecule has 0 radical (unpaired) electrons. The number of ether oxygens (including phenoxy) is 1. The molecule has 0 spiro atoms. The Balaban J connectivity index is 0.00000242. The first-order valence-corrected chi connectivity index (χ1v) is 8.14. The Hall–Kier alpha value is -0.960. The van der Waals surface area contributed by atoms with Crippen LogP contribution in [0.3, 0.4) is 0 Å². The van der Waals surface area contributed by atoms with Crippen LogP contribution in [0.1, 0.15) is 12.8 Å². The van der Waals surface area contributed by atoms with Gasteiger partial charge in [-0.25, -0.2) is 21.9 Å². The number of nitrogens with one attached hydrogen (secondary N) is 1. The molecule has 0 aliphatic heterocycles. The summed E-state index contributed by atoms with van der Waals surface area (Å²) < 4.78 is 55.8. The molecule has 1 unspecified atom stereocenters. The fourth-order valence-corrected chi connectivity index (χ4v) is 3.29. The molecule has 5 nitrogen and oxygen atoms in total. The number of halogens is 3. The highest BCUT2D eigenvalue weighted by molar-refractivity contribution is 7.89. The summed E-state index contributed by atoms with van der Waals surface area (Å²) in [4.78, 5) is 0.0611. The van der Waals surface area contributed by atoms with E-state index in [0.29, 0.717) is 5.92 Å². The molecule has 3 N–H and O–H groups in total. The van der Waals surface area contributed by atoms with Crippen LogP contribution in [-0.4, -0.2) is 34.0 Å². The van der Waals surface area contributed by atoms with E-state index in [1.807, 2.05) is 0 Å². The summed E-state index contributed by atoms with van der Waals surface area (Å²) in [5, 5.41) is 0. The van der Waals surface area contributed by atoms with Crippen molar-refractivity contribution in [2.75, 3.05) is 13.2 Å². The first-order valence-electron chi connectivity index (χ1n) is 6.66. The second kappa shape index (κ2) is 8.05. The summed E-state index contributed by atoms with van der Waals surface area (Å²) in [6, 6.07) is 5.09. The number of sulfonamides is 1. The predicted octanol–water partition coefficient (Wildman–Crippen LogP) is 1.77. The SMILES string of the molecule is Cl.NCC(NS(=O)(=O)c1ccc(OCC(F)F)cc1)C1CC1. The number of rotatable bonds is 8. The zero-order chi connectivity index (χ0) is 15.5. The Bertz CT molecular complexity index is 565. The molecule has 1 aliphatic carbocycles. The lowest BCUT2D eigenvalue weighted by atomic mass is 10.2. The van der Waals surface area contributed by atoms with Gasteiger partial charge in [-0.3, -0.25) is 0 Å². The standard InChI is InChI=1S/C13H18F2N2O3S.ClH/c14-13(15)8-20-10-3-5-11(6-4-10)21(18,19)17-12(7-16)9-1-2-9;/h3-6,9,12-13,17H,1-2,7-8,16H2;1H. The van der Waals surface area contributed by atoms with Crippen LogP contribution < -0.4 is 15.2 Å². The highest BCUT2D eigenvalue weighted by Gasteiger charge is 2.33. The van der Waals surface area contributed by atoms with Crippen molar-refractivity contribution in [1.29, 1.82) is 0 Å². The average molecular weight is 357 g/mol. The zero-order valence-electron chi connectivity index (χ0n) is 11.7. The van der Waals surface area contributed by atoms with Gasteiger partial charge in [0.05, 0.1) is 4.90 Å².